The molecule has 0 amide bonds. The minimum atomic E-state index is 1.27. The van der Waals surface area contributed by atoms with E-state index in [1.54, 1.807) is 0 Å². The number of hydrogen-bond acceptors (Lipinski definition) is 0. The molecule has 2 heterocycles. The fourth-order valence-corrected chi connectivity index (χ4v) is 1.37. The van der Waals surface area contributed by atoms with E-state index in [0.717, 1.165) is 0 Å². The highest BCUT2D eigenvalue weighted by Crippen LogP contribution is 2.07. The van der Waals surface area contributed by atoms with Gasteiger partial charge in [0.2, 0.25) is 5.52 Å². The van der Waals surface area contributed by atoms with Crippen LogP contribution in [0.1, 0.15) is 0 Å². The summed E-state index contributed by atoms with van der Waals surface area (Å²) in [5.41, 5.74) is 2.55. The van der Waals surface area contributed by atoms with Crippen LogP contribution in [0.2, 0.25) is 0 Å². The molecule has 0 aliphatic carbocycles. The van der Waals surface area contributed by atoms with Crippen LogP contribution in [0.25, 0.3) is 11.0 Å². The van der Waals surface area contributed by atoms with E-state index in [1.165, 1.54) is 11.0 Å². The van der Waals surface area contributed by atoms with Gasteiger partial charge in [0, 0.05) is 25.4 Å². The standard InChI is InChI=1S/C9H11N2/c1-10-6-3-4-8-9(10)5-7-11(8)2/h3-7H,1-2H3/q+1. The molecular formula is C9H11N2+. The third-order valence-corrected chi connectivity index (χ3v) is 2.04. The molecule has 0 N–H and O–H groups in total. The highest BCUT2D eigenvalue weighted by molar-refractivity contribution is 5.71. The zero-order valence-electron chi connectivity index (χ0n) is 6.78. The molecule has 11 heavy (non-hydrogen) atoms. The lowest BCUT2D eigenvalue weighted by molar-refractivity contribution is -0.644. The van der Waals surface area contributed by atoms with Crippen LogP contribution in [0, 0.1) is 0 Å². The lowest BCUT2D eigenvalue weighted by Gasteiger charge is -1.92. The first kappa shape index (κ1) is 6.40. The molecule has 2 heteroatoms. The third-order valence-electron chi connectivity index (χ3n) is 2.04. The van der Waals surface area contributed by atoms with Gasteiger partial charge in [0.1, 0.15) is 12.6 Å². The summed E-state index contributed by atoms with van der Waals surface area (Å²) in [7, 11) is 4.12. The van der Waals surface area contributed by atoms with E-state index in [-0.39, 0.29) is 0 Å². The molecule has 2 rings (SSSR count). The number of aryl methyl sites for hydroxylation is 2. The topological polar surface area (TPSA) is 8.81 Å². The van der Waals surface area contributed by atoms with Crippen molar-refractivity contribution >= 4 is 11.0 Å². The van der Waals surface area contributed by atoms with Gasteiger partial charge in [-0.1, -0.05) is 0 Å². The van der Waals surface area contributed by atoms with E-state index in [0.29, 0.717) is 0 Å². The van der Waals surface area contributed by atoms with Crippen LogP contribution >= 0.6 is 0 Å². The summed E-state index contributed by atoms with van der Waals surface area (Å²) in [4.78, 5) is 0. The van der Waals surface area contributed by atoms with Crippen molar-refractivity contribution < 1.29 is 4.57 Å². The van der Waals surface area contributed by atoms with Gasteiger partial charge in [-0.2, -0.15) is 4.57 Å². The second-order valence-corrected chi connectivity index (χ2v) is 2.82. The predicted octanol–water partition coefficient (Wildman–Crippen LogP) is 1.00. The summed E-state index contributed by atoms with van der Waals surface area (Å²) in [6.45, 7) is 0. The average molecular weight is 147 g/mol. The molecule has 2 aromatic rings. The Morgan fingerprint density at radius 1 is 1.36 bits per heavy atom. The fourth-order valence-electron chi connectivity index (χ4n) is 1.37. The first-order chi connectivity index (χ1) is 5.29. The van der Waals surface area contributed by atoms with Gasteiger partial charge in [-0.15, -0.1) is 0 Å². The number of fused-ring (bicyclic) bond motifs is 1. The largest absolute Gasteiger partial charge is 0.345 e. The Labute approximate surface area is 65.7 Å². The SMILES string of the molecule is Cn1ccc2c1ccc[n+]2C. The first-order valence-electron chi connectivity index (χ1n) is 3.69. The smallest absolute Gasteiger partial charge is 0.230 e. The Balaban J connectivity index is 2.94. The van der Waals surface area contributed by atoms with Crippen molar-refractivity contribution in [3.63, 3.8) is 0 Å². The molecule has 0 aliphatic rings. The zero-order chi connectivity index (χ0) is 7.84. The molecule has 0 aliphatic heterocycles. The quantitative estimate of drug-likeness (QED) is 0.492. The van der Waals surface area contributed by atoms with Crippen molar-refractivity contribution in [3.05, 3.63) is 30.6 Å². The molecule has 2 aromatic heterocycles. The van der Waals surface area contributed by atoms with Gasteiger partial charge in [-0.05, 0) is 6.07 Å². The van der Waals surface area contributed by atoms with Gasteiger partial charge >= 0.3 is 0 Å². The minimum Gasteiger partial charge on any atom is -0.345 e. The van der Waals surface area contributed by atoms with Gasteiger partial charge in [0.05, 0.1) is 0 Å². The molecule has 0 saturated carbocycles. The monoisotopic (exact) mass is 147 g/mol. The van der Waals surface area contributed by atoms with Gasteiger partial charge in [0.15, 0.2) is 6.20 Å². The lowest BCUT2D eigenvalue weighted by Crippen LogP contribution is -2.27. The number of nitrogens with zero attached hydrogens (tertiary/aromatic N) is 2. The zero-order valence-corrected chi connectivity index (χ0v) is 6.78. The number of hydrogen-bond donors (Lipinski definition) is 0. The minimum absolute atomic E-state index is 1.27. The van der Waals surface area contributed by atoms with Crippen molar-refractivity contribution in [1.29, 1.82) is 0 Å². The summed E-state index contributed by atoms with van der Waals surface area (Å²) in [6.07, 6.45) is 4.13. The Bertz CT molecular complexity index is 387. The molecular weight excluding hydrogens is 136 g/mol. The van der Waals surface area contributed by atoms with Crippen LogP contribution in [-0.4, -0.2) is 4.57 Å². The van der Waals surface area contributed by atoms with Crippen molar-refractivity contribution in [1.82, 2.24) is 4.57 Å². The molecule has 56 valence electrons. The molecule has 0 bridgehead atoms. The molecule has 0 saturated heterocycles. The van der Waals surface area contributed by atoms with Crippen LogP contribution in [0.15, 0.2) is 30.6 Å². The van der Waals surface area contributed by atoms with Crippen molar-refractivity contribution in [2.75, 3.05) is 0 Å². The van der Waals surface area contributed by atoms with E-state index < -0.39 is 0 Å². The third kappa shape index (κ3) is 0.827. The molecule has 0 unspecified atom stereocenters. The van der Waals surface area contributed by atoms with Crippen LogP contribution in [-0.2, 0) is 14.1 Å². The summed E-state index contributed by atoms with van der Waals surface area (Å²) >= 11 is 0. The highest BCUT2D eigenvalue weighted by Gasteiger charge is 2.04. The van der Waals surface area contributed by atoms with Gasteiger partial charge in [-0.25, -0.2) is 0 Å². The van der Waals surface area contributed by atoms with Gasteiger partial charge < -0.3 is 4.57 Å². The van der Waals surface area contributed by atoms with E-state index in [1.807, 2.05) is 0 Å². The first-order valence-corrected chi connectivity index (χ1v) is 3.69. The van der Waals surface area contributed by atoms with E-state index in [2.05, 4.69) is 53.8 Å². The summed E-state index contributed by atoms with van der Waals surface area (Å²) in [5.74, 6) is 0. The number of rotatable bonds is 0. The lowest BCUT2D eigenvalue weighted by atomic mass is 10.4. The maximum atomic E-state index is 2.12. The molecule has 0 fully saturated rings. The summed E-state index contributed by atoms with van der Waals surface area (Å²) < 4.78 is 4.24. The normalized spacial score (nSPS) is 10.7. The molecule has 0 atom stereocenters. The van der Waals surface area contributed by atoms with E-state index in [9.17, 15) is 0 Å². The Morgan fingerprint density at radius 3 is 2.91 bits per heavy atom. The van der Waals surface area contributed by atoms with Crippen molar-refractivity contribution in [2.45, 2.75) is 0 Å². The second kappa shape index (κ2) is 2.09. The molecule has 2 nitrogen and oxygen atoms in total. The van der Waals surface area contributed by atoms with E-state index >= 15 is 0 Å². The summed E-state index contributed by atoms with van der Waals surface area (Å²) in [5, 5.41) is 0. The van der Waals surface area contributed by atoms with Crippen LogP contribution < -0.4 is 4.57 Å². The fraction of sp³-hybridized carbons (Fsp3) is 0.222. The number of pyridine rings is 1. The van der Waals surface area contributed by atoms with E-state index in [4.69, 9.17) is 0 Å². The van der Waals surface area contributed by atoms with Crippen LogP contribution in [0.4, 0.5) is 0 Å². The Morgan fingerprint density at radius 2 is 2.18 bits per heavy atom. The maximum absolute atomic E-state index is 2.12. The van der Waals surface area contributed by atoms with Gasteiger partial charge in [0.25, 0.3) is 0 Å². The van der Waals surface area contributed by atoms with Crippen LogP contribution in [0.3, 0.4) is 0 Å². The van der Waals surface area contributed by atoms with Crippen LogP contribution in [0.5, 0.6) is 0 Å². The molecule has 0 aromatic carbocycles. The van der Waals surface area contributed by atoms with Crippen molar-refractivity contribution in [2.24, 2.45) is 14.1 Å². The average Bonchev–Trinajstić information content (AvgIpc) is 2.35. The predicted molar refractivity (Wildman–Crippen MR) is 44.1 cm³/mol. The van der Waals surface area contributed by atoms with Gasteiger partial charge in [-0.3, -0.25) is 0 Å². The molecule has 0 radical (unpaired) electrons. The maximum Gasteiger partial charge on any atom is 0.230 e. The number of aromatic nitrogens is 2. The Kier molecular flexibility index (Phi) is 1.22. The second-order valence-electron chi connectivity index (χ2n) is 2.82. The summed E-state index contributed by atoms with van der Waals surface area (Å²) in [6, 6.07) is 6.30. The highest BCUT2D eigenvalue weighted by atomic mass is 15.0. The molecule has 0 spiro atoms. The Hall–Kier alpha value is -1.31. The van der Waals surface area contributed by atoms with Crippen molar-refractivity contribution in [3.8, 4) is 0 Å².